The molecular weight excluding hydrogens is 388 g/mol. The van der Waals surface area contributed by atoms with E-state index in [1.807, 2.05) is 25.3 Å². The van der Waals surface area contributed by atoms with Gasteiger partial charge in [-0.25, -0.2) is 15.0 Å². The van der Waals surface area contributed by atoms with Crippen LogP contribution in [0.5, 0.6) is 0 Å². The number of carbonyl (C=O) groups is 1. The second kappa shape index (κ2) is 9.04. The normalized spacial score (nSPS) is 12.3. The highest BCUT2D eigenvalue weighted by Crippen LogP contribution is 2.26. The summed E-state index contributed by atoms with van der Waals surface area (Å²) in [6.45, 7) is 6.89. The number of pyridine rings is 2. The highest BCUT2D eigenvalue weighted by atomic mass is 16.1. The highest BCUT2D eigenvalue weighted by Gasteiger charge is 2.21. The lowest BCUT2D eigenvalue weighted by Gasteiger charge is -2.19. The Morgan fingerprint density at radius 2 is 1.87 bits per heavy atom. The second-order valence-electron chi connectivity index (χ2n) is 8.11. The van der Waals surface area contributed by atoms with E-state index in [9.17, 15) is 4.79 Å². The minimum atomic E-state index is -0.131. The number of hydrogen-bond acceptors (Lipinski definition) is 5. The van der Waals surface area contributed by atoms with E-state index in [0.717, 1.165) is 22.9 Å². The number of amides is 1. The Balaban J connectivity index is 1.65. The lowest BCUT2D eigenvalue weighted by atomic mass is 9.91. The summed E-state index contributed by atoms with van der Waals surface area (Å²) in [6, 6.07) is 7.67. The van der Waals surface area contributed by atoms with E-state index in [0.29, 0.717) is 29.6 Å². The summed E-state index contributed by atoms with van der Waals surface area (Å²) in [7, 11) is 0. The van der Waals surface area contributed by atoms with Gasteiger partial charge in [-0.1, -0.05) is 19.9 Å². The summed E-state index contributed by atoms with van der Waals surface area (Å²) in [5, 5.41) is 3.95. The molecule has 4 aromatic heterocycles. The van der Waals surface area contributed by atoms with Crippen molar-refractivity contribution in [1.82, 2.24) is 29.8 Å². The summed E-state index contributed by atoms with van der Waals surface area (Å²) in [5.41, 5.74) is 3.36. The average Bonchev–Trinajstić information content (AvgIpc) is 3.18. The Labute approximate surface area is 181 Å². The van der Waals surface area contributed by atoms with E-state index >= 15 is 0 Å². The molecule has 31 heavy (non-hydrogen) atoms. The fourth-order valence-electron chi connectivity index (χ4n) is 3.89. The second-order valence-corrected chi connectivity index (χ2v) is 8.11. The average molecular weight is 415 g/mol. The van der Waals surface area contributed by atoms with Crippen LogP contribution in [0.3, 0.4) is 0 Å². The summed E-state index contributed by atoms with van der Waals surface area (Å²) < 4.78 is 1.77. The van der Waals surface area contributed by atoms with Crippen molar-refractivity contribution in [2.75, 3.05) is 6.54 Å². The number of hydrogen-bond donors (Lipinski definition) is 1. The van der Waals surface area contributed by atoms with Crippen molar-refractivity contribution in [3.8, 4) is 5.95 Å². The van der Waals surface area contributed by atoms with Crippen LogP contribution in [0.2, 0.25) is 0 Å². The first kappa shape index (κ1) is 20.7. The number of carbonyl (C=O) groups excluding carboxylic acids is 1. The number of rotatable bonds is 7. The lowest BCUT2D eigenvalue weighted by molar-refractivity contribution is 0.0951. The van der Waals surface area contributed by atoms with Gasteiger partial charge in [-0.2, -0.15) is 0 Å². The predicted molar refractivity (Wildman–Crippen MR) is 120 cm³/mol. The summed E-state index contributed by atoms with van der Waals surface area (Å²) in [5.74, 6) is 1.06. The maximum Gasteiger partial charge on any atom is 0.253 e. The first-order valence-electron chi connectivity index (χ1n) is 10.5. The molecule has 158 valence electrons. The van der Waals surface area contributed by atoms with Gasteiger partial charge in [0.25, 0.3) is 5.91 Å². The van der Waals surface area contributed by atoms with Crippen LogP contribution in [0.4, 0.5) is 0 Å². The Hall–Kier alpha value is -3.61. The van der Waals surface area contributed by atoms with Crippen molar-refractivity contribution < 1.29 is 4.79 Å². The largest absolute Gasteiger partial charge is 0.351 e. The quantitative estimate of drug-likeness (QED) is 0.492. The topological polar surface area (TPSA) is 85.6 Å². The van der Waals surface area contributed by atoms with Crippen LogP contribution < -0.4 is 5.32 Å². The Kier molecular flexibility index (Phi) is 6.02. The van der Waals surface area contributed by atoms with Gasteiger partial charge in [-0.3, -0.25) is 14.3 Å². The van der Waals surface area contributed by atoms with Gasteiger partial charge in [0, 0.05) is 55.0 Å². The number of aromatic nitrogens is 5. The molecule has 0 saturated carbocycles. The van der Waals surface area contributed by atoms with E-state index in [1.54, 1.807) is 41.6 Å². The van der Waals surface area contributed by atoms with Gasteiger partial charge in [0.15, 0.2) is 0 Å². The molecule has 7 nitrogen and oxygen atoms in total. The number of fused-ring (bicyclic) bond motifs is 1. The van der Waals surface area contributed by atoms with Gasteiger partial charge in [0.1, 0.15) is 5.65 Å². The van der Waals surface area contributed by atoms with Crippen molar-refractivity contribution in [1.29, 1.82) is 0 Å². The van der Waals surface area contributed by atoms with Crippen LogP contribution in [-0.2, 0) is 0 Å². The van der Waals surface area contributed by atoms with Crippen LogP contribution >= 0.6 is 0 Å². The van der Waals surface area contributed by atoms with E-state index < -0.39 is 0 Å². The molecule has 4 rings (SSSR count). The van der Waals surface area contributed by atoms with Crippen LogP contribution in [0.1, 0.15) is 47.7 Å². The van der Waals surface area contributed by atoms with Crippen molar-refractivity contribution in [3.63, 3.8) is 0 Å². The molecule has 0 aliphatic carbocycles. The molecule has 0 fully saturated rings. The first-order chi connectivity index (χ1) is 15.0. The standard InChI is InChI=1S/C24H26N6O/c1-16(2)12-19(18-6-4-8-25-13-18)14-29-23(31)20-15-30(24-27-9-5-10-28-24)22-21(20)17(3)7-11-26-22/h4-11,13,15-16,19H,12,14H2,1-3H3,(H,29,31). The van der Waals surface area contributed by atoms with E-state index in [-0.39, 0.29) is 11.8 Å². The molecule has 0 aliphatic heterocycles. The summed E-state index contributed by atoms with van der Waals surface area (Å²) in [4.78, 5) is 30.7. The van der Waals surface area contributed by atoms with E-state index in [1.165, 1.54) is 0 Å². The zero-order valence-corrected chi connectivity index (χ0v) is 18.0. The monoisotopic (exact) mass is 414 g/mol. The SMILES string of the molecule is Cc1ccnc2c1c(C(=O)NCC(CC(C)C)c1cccnc1)cn2-c1ncccn1. The minimum Gasteiger partial charge on any atom is -0.351 e. The Bertz CT molecular complexity index is 1170. The van der Waals surface area contributed by atoms with Crippen molar-refractivity contribution in [2.24, 2.45) is 5.92 Å². The van der Waals surface area contributed by atoms with Gasteiger partial charge >= 0.3 is 0 Å². The zero-order valence-electron chi connectivity index (χ0n) is 18.0. The van der Waals surface area contributed by atoms with Gasteiger partial charge < -0.3 is 5.32 Å². The molecule has 0 radical (unpaired) electrons. The maximum absolute atomic E-state index is 13.3. The van der Waals surface area contributed by atoms with Crippen LogP contribution in [-0.4, -0.2) is 37.0 Å². The van der Waals surface area contributed by atoms with E-state index in [4.69, 9.17) is 0 Å². The predicted octanol–water partition coefficient (Wildman–Crippen LogP) is 4.08. The highest BCUT2D eigenvalue weighted by molar-refractivity contribution is 6.07. The van der Waals surface area contributed by atoms with Crippen LogP contribution in [0, 0.1) is 12.8 Å². The maximum atomic E-state index is 13.3. The van der Waals surface area contributed by atoms with Gasteiger partial charge in [-0.05, 0) is 48.6 Å². The molecule has 1 unspecified atom stereocenters. The molecule has 0 aliphatic rings. The van der Waals surface area contributed by atoms with Crippen LogP contribution in [0.25, 0.3) is 17.0 Å². The van der Waals surface area contributed by atoms with Crippen molar-refractivity contribution in [2.45, 2.75) is 33.1 Å². The molecule has 4 aromatic rings. The van der Waals surface area contributed by atoms with Crippen LogP contribution in [0.15, 0.2) is 61.4 Å². The minimum absolute atomic E-state index is 0.131. The molecule has 1 N–H and O–H groups in total. The first-order valence-corrected chi connectivity index (χ1v) is 10.5. The van der Waals surface area contributed by atoms with E-state index in [2.05, 4.69) is 45.2 Å². The summed E-state index contributed by atoms with van der Waals surface area (Å²) >= 11 is 0. The molecule has 4 heterocycles. The third-order valence-corrected chi connectivity index (χ3v) is 5.33. The fraction of sp³-hybridized carbons (Fsp3) is 0.292. The van der Waals surface area contributed by atoms with Crippen molar-refractivity contribution in [3.05, 3.63) is 78.1 Å². The molecule has 1 atom stereocenters. The third kappa shape index (κ3) is 4.45. The van der Waals surface area contributed by atoms with Gasteiger partial charge in [0.05, 0.1) is 5.56 Å². The zero-order chi connectivity index (χ0) is 21.8. The molecule has 1 amide bonds. The molecular formula is C24H26N6O. The molecule has 0 spiro atoms. The number of nitrogens with zero attached hydrogens (tertiary/aromatic N) is 5. The molecule has 0 saturated heterocycles. The lowest BCUT2D eigenvalue weighted by Crippen LogP contribution is -2.29. The number of aryl methyl sites for hydroxylation is 1. The molecule has 0 aromatic carbocycles. The van der Waals surface area contributed by atoms with Gasteiger partial charge in [-0.15, -0.1) is 0 Å². The smallest absolute Gasteiger partial charge is 0.253 e. The molecule has 0 bridgehead atoms. The number of nitrogens with one attached hydrogen (secondary N) is 1. The third-order valence-electron chi connectivity index (χ3n) is 5.33. The molecule has 7 heteroatoms. The Morgan fingerprint density at radius 3 is 2.58 bits per heavy atom. The van der Waals surface area contributed by atoms with Gasteiger partial charge in [0.2, 0.25) is 5.95 Å². The fourth-order valence-corrected chi connectivity index (χ4v) is 3.89. The Morgan fingerprint density at radius 1 is 1.06 bits per heavy atom. The van der Waals surface area contributed by atoms with Crippen molar-refractivity contribution >= 4 is 16.9 Å². The summed E-state index contributed by atoms with van der Waals surface area (Å²) in [6.07, 6.45) is 11.5.